The first-order chi connectivity index (χ1) is 9.44. The van der Waals surface area contributed by atoms with E-state index >= 15 is 0 Å². The number of nitro groups is 1. The molecule has 6 nitrogen and oxygen atoms in total. The smallest absolute Gasteiger partial charge is 0.311 e. The fraction of sp³-hybridized carbons (Fsp3) is 0.357. The van der Waals surface area contributed by atoms with Crippen molar-refractivity contribution in [3.63, 3.8) is 0 Å². The van der Waals surface area contributed by atoms with Crippen LogP contribution in [0.2, 0.25) is 0 Å². The van der Waals surface area contributed by atoms with Crippen molar-refractivity contribution in [2.75, 3.05) is 19.0 Å². The summed E-state index contributed by atoms with van der Waals surface area (Å²) in [6.07, 6.45) is 1.28. The second-order valence-corrected chi connectivity index (χ2v) is 5.11. The molecule has 0 fully saturated rings. The third-order valence-electron chi connectivity index (χ3n) is 3.20. The van der Waals surface area contributed by atoms with Crippen LogP contribution < -0.4 is 5.32 Å². The van der Waals surface area contributed by atoms with Gasteiger partial charge in [0, 0.05) is 19.0 Å². The van der Waals surface area contributed by atoms with Gasteiger partial charge < -0.3 is 10.1 Å². The van der Waals surface area contributed by atoms with E-state index in [2.05, 4.69) is 10.3 Å². The van der Waals surface area contributed by atoms with E-state index in [9.17, 15) is 10.1 Å². The molecule has 0 saturated heterocycles. The van der Waals surface area contributed by atoms with E-state index in [0.29, 0.717) is 12.2 Å². The van der Waals surface area contributed by atoms with Crippen LogP contribution in [0.5, 0.6) is 0 Å². The average molecular weight is 275 g/mol. The number of anilines is 1. The third-order valence-corrected chi connectivity index (χ3v) is 3.20. The zero-order valence-corrected chi connectivity index (χ0v) is 11.7. The van der Waals surface area contributed by atoms with Gasteiger partial charge in [0.2, 0.25) is 0 Å². The molecule has 106 valence electrons. The van der Waals surface area contributed by atoms with Gasteiger partial charge >= 0.3 is 5.69 Å². The number of aromatic nitrogens is 1. The minimum Gasteiger partial charge on any atom is -0.377 e. The summed E-state index contributed by atoms with van der Waals surface area (Å²) in [5.41, 5.74) is 0.746. The van der Waals surface area contributed by atoms with Crippen LogP contribution in [0.1, 0.15) is 13.8 Å². The number of nitrogens with one attached hydrogen (secondary N) is 1. The largest absolute Gasteiger partial charge is 0.377 e. The number of methoxy groups -OCH3 is 1. The van der Waals surface area contributed by atoms with Crippen molar-refractivity contribution in [2.45, 2.75) is 19.4 Å². The Morgan fingerprint density at radius 1 is 1.40 bits per heavy atom. The van der Waals surface area contributed by atoms with Crippen molar-refractivity contribution in [2.24, 2.45) is 0 Å². The van der Waals surface area contributed by atoms with Gasteiger partial charge in [0.05, 0.1) is 16.0 Å². The first-order valence-corrected chi connectivity index (χ1v) is 6.26. The molecule has 0 bridgehead atoms. The van der Waals surface area contributed by atoms with Crippen molar-refractivity contribution in [1.82, 2.24) is 4.98 Å². The molecule has 0 aliphatic carbocycles. The molecule has 2 aromatic rings. The van der Waals surface area contributed by atoms with Gasteiger partial charge in [0.15, 0.2) is 0 Å². The standard InChI is InChI=1S/C14H17N3O3/c1-14(2,20-3)9-16-13-10-6-4-5-7-11(10)15-8-12(13)17(18)19/h4-8H,9H2,1-3H3,(H,15,16). The number of hydrogen-bond donors (Lipinski definition) is 1. The molecule has 0 amide bonds. The summed E-state index contributed by atoms with van der Waals surface area (Å²) in [4.78, 5) is 14.8. The quantitative estimate of drug-likeness (QED) is 0.670. The number of nitrogens with zero attached hydrogens (tertiary/aromatic N) is 2. The number of hydrogen-bond acceptors (Lipinski definition) is 5. The molecule has 1 N–H and O–H groups in total. The summed E-state index contributed by atoms with van der Waals surface area (Å²) in [7, 11) is 1.61. The average Bonchev–Trinajstić information content (AvgIpc) is 2.44. The minimum absolute atomic E-state index is 0.0318. The van der Waals surface area contributed by atoms with E-state index < -0.39 is 10.5 Å². The molecule has 6 heteroatoms. The molecule has 0 unspecified atom stereocenters. The predicted molar refractivity (Wildman–Crippen MR) is 78.0 cm³/mol. The summed E-state index contributed by atoms with van der Waals surface area (Å²) in [5, 5.41) is 15.0. The number of fused-ring (bicyclic) bond motifs is 1. The Kier molecular flexibility index (Phi) is 3.85. The van der Waals surface area contributed by atoms with E-state index in [-0.39, 0.29) is 5.69 Å². The summed E-state index contributed by atoms with van der Waals surface area (Å²) in [6, 6.07) is 7.33. The van der Waals surface area contributed by atoms with E-state index in [0.717, 1.165) is 10.9 Å². The van der Waals surface area contributed by atoms with Crippen LogP contribution in [0, 0.1) is 10.1 Å². The van der Waals surface area contributed by atoms with E-state index in [1.807, 2.05) is 38.1 Å². The van der Waals surface area contributed by atoms with Crippen molar-refractivity contribution < 1.29 is 9.66 Å². The van der Waals surface area contributed by atoms with Crippen molar-refractivity contribution in [3.8, 4) is 0 Å². The maximum atomic E-state index is 11.2. The van der Waals surface area contributed by atoms with Gasteiger partial charge in [-0.25, -0.2) is 4.98 Å². The number of ether oxygens (including phenoxy) is 1. The first kappa shape index (κ1) is 14.2. The summed E-state index contributed by atoms with van der Waals surface area (Å²) in [6.45, 7) is 4.28. The maximum absolute atomic E-state index is 11.2. The lowest BCUT2D eigenvalue weighted by Crippen LogP contribution is -2.32. The van der Waals surface area contributed by atoms with Gasteiger partial charge in [-0.1, -0.05) is 18.2 Å². The summed E-state index contributed by atoms with van der Waals surface area (Å²) < 4.78 is 5.32. The molecule has 0 radical (unpaired) electrons. The Balaban J connectivity index is 2.47. The van der Waals surface area contributed by atoms with Crippen LogP contribution in [0.4, 0.5) is 11.4 Å². The molecule has 0 spiro atoms. The molecule has 1 heterocycles. The van der Waals surface area contributed by atoms with Crippen LogP contribution >= 0.6 is 0 Å². The van der Waals surface area contributed by atoms with Crippen LogP contribution in [-0.4, -0.2) is 29.2 Å². The van der Waals surface area contributed by atoms with Crippen LogP contribution in [0.25, 0.3) is 10.9 Å². The van der Waals surface area contributed by atoms with Gasteiger partial charge in [0.1, 0.15) is 11.9 Å². The number of pyridine rings is 1. The van der Waals surface area contributed by atoms with Crippen LogP contribution in [0.3, 0.4) is 0 Å². The third kappa shape index (κ3) is 2.85. The van der Waals surface area contributed by atoms with Gasteiger partial charge in [-0.3, -0.25) is 10.1 Å². The Morgan fingerprint density at radius 3 is 2.75 bits per heavy atom. The minimum atomic E-state index is -0.429. The molecule has 0 aliphatic rings. The second kappa shape index (κ2) is 5.42. The zero-order valence-electron chi connectivity index (χ0n) is 11.7. The van der Waals surface area contributed by atoms with Crippen molar-refractivity contribution >= 4 is 22.3 Å². The molecule has 1 aromatic heterocycles. The van der Waals surface area contributed by atoms with Crippen molar-refractivity contribution in [3.05, 3.63) is 40.6 Å². The van der Waals surface area contributed by atoms with Gasteiger partial charge in [-0.05, 0) is 19.9 Å². The Morgan fingerprint density at radius 2 is 2.10 bits per heavy atom. The maximum Gasteiger partial charge on any atom is 0.311 e. The first-order valence-electron chi connectivity index (χ1n) is 6.26. The molecule has 1 aromatic carbocycles. The van der Waals surface area contributed by atoms with Gasteiger partial charge in [-0.2, -0.15) is 0 Å². The lowest BCUT2D eigenvalue weighted by Gasteiger charge is -2.24. The highest BCUT2D eigenvalue weighted by atomic mass is 16.6. The predicted octanol–water partition coefficient (Wildman–Crippen LogP) is 2.98. The number of benzene rings is 1. The molecule has 2 rings (SSSR count). The highest BCUT2D eigenvalue weighted by Gasteiger charge is 2.21. The summed E-state index contributed by atoms with van der Waals surface area (Å²) >= 11 is 0. The Hall–Kier alpha value is -2.21. The molecular weight excluding hydrogens is 258 g/mol. The second-order valence-electron chi connectivity index (χ2n) is 5.11. The normalized spacial score (nSPS) is 11.6. The lowest BCUT2D eigenvalue weighted by atomic mass is 10.1. The molecular formula is C14H17N3O3. The SMILES string of the molecule is COC(C)(C)CNc1c([N+](=O)[O-])cnc2ccccc12. The fourth-order valence-corrected chi connectivity index (χ4v) is 1.83. The van der Waals surface area contributed by atoms with Crippen LogP contribution in [-0.2, 0) is 4.74 Å². The Bertz CT molecular complexity index is 641. The molecule has 0 aliphatic heterocycles. The lowest BCUT2D eigenvalue weighted by molar-refractivity contribution is -0.384. The number of para-hydroxylation sites is 1. The zero-order chi connectivity index (χ0) is 14.8. The molecule has 0 saturated carbocycles. The van der Waals surface area contributed by atoms with E-state index in [1.165, 1.54) is 6.20 Å². The van der Waals surface area contributed by atoms with Crippen LogP contribution in [0.15, 0.2) is 30.5 Å². The topological polar surface area (TPSA) is 77.3 Å². The van der Waals surface area contributed by atoms with Gasteiger partial charge in [0.25, 0.3) is 0 Å². The number of rotatable bonds is 5. The highest BCUT2D eigenvalue weighted by molar-refractivity contribution is 5.95. The summed E-state index contributed by atoms with van der Waals surface area (Å²) in [5.74, 6) is 0. The Labute approximate surface area is 116 Å². The van der Waals surface area contributed by atoms with Gasteiger partial charge in [-0.15, -0.1) is 0 Å². The van der Waals surface area contributed by atoms with Crippen molar-refractivity contribution in [1.29, 1.82) is 0 Å². The molecule has 20 heavy (non-hydrogen) atoms. The fourth-order valence-electron chi connectivity index (χ4n) is 1.83. The highest BCUT2D eigenvalue weighted by Crippen LogP contribution is 2.31. The van der Waals surface area contributed by atoms with E-state index in [4.69, 9.17) is 4.74 Å². The van der Waals surface area contributed by atoms with E-state index in [1.54, 1.807) is 7.11 Å². The molecule has 0 atom stereocenters. The monoisotopic (exact) mass is 275 g/mol.